The van der Waals surface area contributed by atoms with Gasteiger partial charge in [-0.25, -0.2) is 13.2 Å². The molecule has 0 aromatic heterocycles. The van der Waals surface area contributed by atoms with Crippen LogP contribution in [0.5, 0.6) is 5.75 Å². The van der Waals surface area contributed by atoms with E-state index < -0.39 is 17.8 Å². The zero-order valence-electron chi connectivity index (χ0n) is 21.2. The van der Waals surface area contributed by atoms with Gasteiger partial charge in [0.1, 0.15) is 11.6 Å². The highest BCUT2D eigenvalue weighted by Crippen LogP contribution is 2.35. The van der Waals surface area contributed by atoms with E-state index in [2.05, 4.69) is 55.1 Å². The van der Waals surface area contributed by atoms with E-state index in [0.717, 1.165) is 42.4 Å². The number of aryl methyl sites for hydroxylation is 3. The van der Waals surface area contributed by atoms with Crippen LogP contribution in [0, 0.1) is 12.7 Å². The summed E-state index contributed by atoms with van der Waals surface area (Å²) in [6.07, 6.45) is 8.46. The van der Waals surface area contributed by atoms with Gasteiger partial charge in [0.15, 0.2) is 0 Å². The second kappa shape index (κ2) is 13.7. The van der Waals surface area contributed by atoms with Gasteiger partial charge in [-0.2, -0.15) is 0 Å². The summed E-state index contributed by atoms with van der Waals surface area (Å²) in [6.45, 7) is 7.38. The van der Waals surface area contributed by atoms with E-state index in [1.807, 2.05) is 18.2 Å². The largest absolute Gasteiger partial charge is 0.493 e. The molecule has 36 heavy (non-hydrogen) atoms. The average molecular weight is 493 g/mol. The molecule has 0 aliphatic rings. The van der Waals surface area contributed by atoms with Crippen molar-refractivity contribution in [1.82, 2.24) is 0 Å². The Morgan fingerprint density at radius 2 is 1.42 bits per heavy atom. The van der Waals surface area contributed by atoms with Crippen molar-refractivity contribution in [3.05, 3.63) is 113 Å². The quantitative estimate of drug-likeness (QED) is 0.171. The highest BCUT2D eigenvalue weighted by atomic mass is 19.3. The van der Waals surface area contributed by atoms with Gasteiger partial charge in [0, 0.05) is 0 Å². The fourth-order valence-corrected chi connectivity index (χ4v) is 4.29. The molecule has 3 aromatic rings. The van der Waals surface area contributed by atoms with Crippen LogP contribution in [-0.4, -0.2) is 6.61 Å². The Labute approximate surface area is 213 Å². The van der Waals surface area contributed by atoms with Crippen molar-refractivity contribution < 1.29 is 17.9 Å². The zero-order valence-corrected chi connectivity index (χ0v) is 21.2. The second-order valence-corrected chi connectivity index (χ2v) is 8.90. The minimum atomic E-state index is -2.92. The molecule has 0 unspecified atom stereocenters. The van der Waals surface area contributed by atoms with Crippen molar-refractivity contribution in [2.75, 3.05) is 6.61 Å². The molecule has 0 saturated heterocycles. The number of rotatable bonds is 13. The summed E-state index contributed by atoms with van der Waals surface area (Å²) >= 11 is 0. The Balaban J connectivity index is 1.62. The molecule has 0 fully saturated rings. The lowest BCUT2D eigenvalue weighted by molar-refractivity contribution is 0.140. The maximum Gasteiger partial charge on any atom is 0.270 e. The average Bonchev–Trinajstić information content (AvgIpc) is 2.86. The smallest absolute Gasteiger partial charge is 0.270 e. The summed E-state index contributed by atoms with van der Waals surface area (Å²) in [7, 11) is 0. The van der Waals surface area contributed by atoms with E-state index >= 15 is 0 Å². The molecule has 3 aromatic carbocycles. The molecule has 0 heterocycles. The number of unbranched alkanes of at least 4 members (excludes halogenated alkanes) is 1. The van der Waals surface area contributed by atoms with E-state index in [-0.39, 0.29) is 12.4 Å². The van der Waals surface area contributed by atoms with Crippen molar-refractivity contribution in [2.24, 2.45) is 0 Å². The van der Waals surface area contributed by atoms with Crippen molar-refractivity contribution in [1.29, 1.82) is 0 Å². The van der Waals surface area contributed by atoms with Crippen LogP contribution in [-0.2, 0) is 19.3 Å². The van der Waals surface area contributed by atoms with Crippen molar-refractivity contribution in [2.45, 2.75) is 58.8 Å². The highest BCUT2D eigenvalue weighted by Gasteiger charge is 2.24. The standard InChI is InChI=1S/C32H35F3O/c1-4-6-7-8-9-10-11-24-12-17-26(18-13-24)27-19-14-25(15-20-27)16-21-28-23(3)22-29(36-5-2)30(31(28)33)32(34)35/h4,8-9,12-15,17-20,22,32H,1,5-7,10-11,16,21H2,2-3H3/b9-8+. The molecule has 0 aliphatic heterocycles. The second-order valence-electron chi connectivity index (χ2n) is 8.90. The first-order chi connectivity index (χ1) is 17.4. The summed E-state index contributed by atoms with van der Waals surface area (Å²) < 4.78 is 47.2. The van der Waals surface area contributed by atoms with Gasteiger partial charge in [0.05, 0.1) is 12.2 Å². The van der Waals surface area contributed by atoms with E-state index in [0.29, 0.717) is 24.0 Å². The maximum absolute atomic E-state index is 15.0. The number of benzene rings is 3. The van der Waals surface area contributed by atoms with Crippen LogP contribution in [0.1, 0.15) is 60.4 Å². The third kappa shape index (κ3) is 7.36. The van der Waals surface area contributed by atoms with Crippen LogP contribution >= 0.6 is 0 Å². The van der Waals surface area contributed by atoms with Crippen LogP contribution in [0.3, 0.4) is 0 Å². The van der Waals surface area contributed by atoms with Gasteiger partial charge in [0.2, 0.25) is 0 Å². The molecule has 0 amide bonds. The SMILES string of the molecule is C=CCC/C=C/CCc1ccc(-c2ccc(CCc3c(C)cc(OCC)c(C(F)F)c3F)cc2)cc1. The molecular weight excluding hydrogens is 457 g/mol. The van der Waals surface area contributed by atoms with Crippen LogP contribution in [0.2, 0.25) is 0 Å². The summed E-state index contributed by atoms with van der Waals surface area (Å²) in [4.78, 5) is 0. The van der Waals surface area contributed by atoms with Crippen molar-refractivity contribution in [3.8, 4) is 16.9 Å². The first kappa shape index (κ1) is 27.3. The molecule has 0 bridgehead atoms. The number of allylic oxidation sites excluding steroid dienone is 3. The number of alkyl halides is 2. The molecule has 4 heteroatoms. The van der Waals surface area contributed by atoms with E-state index in [1.54, 1.807) is 13.8 Å². The van der Waals surface area contributed by atoms with Gasteiger partial charge in [-0.15, -0.1) is 6.58 Å². The summed E-state index contributed by atoms with van der Waals surface area (Å²) in [5.41, 5.74) is 4.90. The van der Waals surface area contributed by atoms with Gasteiger partial charge < -0.3 is 4.74 Å². The summed E-state index contributed by atoms with van der Waals surface area (Å²) in [6, 6.07) is 18.3. The molecule has 0 saturated carbocycles. The van der Waals surface area contributed by atoms with Crippen molar-refractivity contribution in [3.63, 3.8) is 0 Å². The zero-order chi connectivity index (χ0) is 25.9. The van der Waals surface area contributed by atoms with Crippen LogP contribution in [0.25, 0.3) is 11.1 Å². The Kier molecular flexibility index (Phi) is 10.4. The third-order valence-electron chi connectivity index (χ3n) is 6.32. The Morgan fingerprint density at radius 1 is 0.833 bits per heavy atom. The fourth-order valence-electron chi connectivity index (χ4n) is 4.29. The van der Waals surface area contributed by atoms with Crippen LogP contribution in [0.4, 0.5) is 13.2 Å². The molecule has 0 spiro atoms. The van der Waals surface area contributed by atoms with Gasteiger partial charge >= 0.3 is 0 Å². The van der Waals surface area contributed by atoms with Crippen LogP contribution in [0.15, 0.2) is 79.4 Å². The monoisotopic (exact) mass is 492 g/mol. The van der Waals surface area contributed by atoms with Gasteiger partial charge in [0.25, 0.3) is 6.43 Å². The van der Waals surface area contributed by atoms with Gasteiger partial charge in [-0.1, -0.05) is 66.8 Å². The Morgan fingerprint density at radius 3 is 1.97 bits per heavy atom. The first-order valence-corrected chi connectivity index (χ1v) is 12.6. The Bertz CT molecular complexity index is 1150. The van der Waals surface area contributed by atoms with E-state index in [1.165, 1.54) is 11.6 Å². The number of hydrogen-bond acceptors (Lipinski definition) is 1. The molecule has 0 N–H and O–H groups in total. The predicted molar refractivity (Wildman–Crippen MR) is 143 cm³/mol. The molecule has 1 nitrogen and oxygen atoms in total. The molecule has 0 atom stereocenters. The Hall–Kier alpha value is -3.27. The number of halogens is 3. The minimum Gasteiger partial charge on any atom is -0.493 e. The number of hydrogen-bond donors (Lipinski definition) is 0. The third-order valence-corrected chi connectivity index (χ3v) is 6.32. The minimum absolute atomic E-state index is 0.0680. The lowest BCUT2D eigenvalue weighted by Crippen LogP contribution is -2.07. The summed E-state index contributed by atoms with van der Waals surface area (Å²) in [5, 5.41) is 0. The van der Waals surface area contributed by atoms with Crippen LogP contribution < -0.4 is 4.74 Å². The molecule has 3 rings (SSSR count). The van der Waals surface area contributed by atoms with E-state index in [9.17, 15) is 13.2 Å². The van der Waals surface area contributed by atoms with E-state index in [4.69, 9.17) is 4.74 Å². The van der Waals surface area contributed by atoms with Gasteiger partial charge in [-0.3, -0.25) is 0 Å². The van der Waals surface area contributed by atoms with Gasteiger partial charge in [-0.05, 0) is 91.8 Å². The number of ether oxygens (including phenoxy) is 1. The first-order valence-electron chi connectivity index (χ1n) is 12.6. The molecule has 0 radical (unpaired) electrons. The maximum atomic E-state index is 15.0. The lowest BCUT2D eigenvalue weighted by Gasteiger charge is -2.16. The lowest BCUT2D eigenvalue weighted by atomic mass is 9.95. The molecular formula is C32H35F3O. The highest BCUT2D eigenvalue weighted by molar-refractivity contribution is 5.64. The summed E-state index contributed by atoms with van der Waals surface area (Å²) in [5.74, 6) is -0.918. The van der Waals surface area contributed by atoms with Crippen molar-refractivity contribution >= 4 is 0 Å². The molecule has 190 valence electrons. The normalized spacial score (nSPS) is 11.4. The molecule has 0 aliphatic carbocycles. The fraction of sp³-hybridized carbons (Fsp3) is 0.312. The topological polar surface area (TPSA) is 9.23 Å². The predicted octanol–water partition coefficient (Wildman–Crippen LogP) is 9.38.